The highest BCUT2D eigenvalue weighted by Crippen LogP contribution is 2.19. The molecule has 0 bridgehead atoms. The molecule has 2 aromatic rings. The predicted octanol–water partition coefficient (Wildman–Crippen LogP) is 2.46. The maximum Gasteiger partial charge on any atom is 0.324 e. The molecule has 0 aromatic carbocycles. The summed E-state index contributed by atoms with van der Waals surface area (Å²) in [5, 5.41) is 14.3. The van der Waals surface area contributed by atoms with E-state index in [1.165, 1.54) is 0 Å². The molecule has 0 aliphatic carbocycles. The molecule has 0 saturated carbocycles. The average Bonchev–Trinajstić information content (AvgIpc) is 2.93. The van der Waals surface area contributed by atoms with Gasteiger partial charge in [0.15, 0.2) is 0 Å². The number of anilines is 2. The molecule has 0 atom stereocenters. The Bertz CT molecular complexity index is 655. The molecule has 0 unspecified atom stereocenters. The second-order valence-corrected chi connectivity index (χ2v) is 4.94. The van der Waals surface area contributed by atoms with Crippen molar-refractivity contribution >= 4 is 17.5 Å². The Kier molecular flexibility index (Phi) is 4.30. The van der Waals surface area contributed by atoms with Crippen molar-refractivity contribution in [2.24, 2.45) is 7.05 Å². The van der Waals surface area contributed by atoms with Crippen LogP contribution in [0.4, 0.5) is 16.3 Å². The molecule has 2 rings (SSSR count). The normalized spacial score (nSPS) is 10.7. The van der Waals surface area contributed by atoms with E-state index in [-0.39, 0.29) is 6.03 Å². The van der Waals surface area contributed by atoms with Crippen LogP contribution < -0.4 is 10.6 Å². The van der Waals surface area contributed by atoms with Gasteiger partial charge in [-0.05, 0) is 27.2 Å². The molecule has 2 N–H and O–H groups in total. The van der Waals surface area contributed by atoms with E-state index < -0.39 is 0 Å². The van der Waals surface area contributed by atoms with Gasteiger partial charge in [0.2, 0.25) is 0 Å². The summed E-state index contributed by atoms with van der Waals surface area (Å²) in [5.41, 5.74) is 3.46. The molecule has 2 amide bonds. The van der Waals surface area contributed by atoms with Gasteiger partial charge in [0.25, 0.3) is 0 Å². The Morgan fingerprint density at radius 1 is 1.24 bits per heavy atom. The van der Waals surface area contributed by atoms with Gasteiger partial charge < -0.3 is 5.32 Å². The van der Waals surface area contributed by atoms with Crippen LogP contribution in [0.3, 0.4) is 0 Å². The second kappa shape index (κ2) is 5.99. The number of amides is 2. The van der Waals surface area contributed by atoms with E-state index in [1.54, 1.807) is 11.7 Å². The summed E-state index contributed by atoms with van der Waals surface area (Å²) in [7, 11) is 1.81. The van der Waals surface area contributed by atoms with Gasteiger partial charge in [-0.25, -0.2) is 4.79 Å². The van der Waals surface area contributed by atoms with Crippen LogP contribution in [0.2, 0.25) is 0 Å². The highest BCUT2D eigenvalue weighted by molar-refractivity contribution is 6.00. The SMILES string of the molecule is CCc1cc(NC(=O)Nc2c(C)nn(CC)c2C)n(C)n1. The quantitative estimate of drug-likeness (QED) is 0.908. The summed E-state index contributed by atoms with van der Waals surface area (Å²) in [4.78, 5) is 12.1. The Morgan fingerprint density at radius 2 is 1.95 bits per heavy atom. The number of aromatic nitrogens is 4. The van der Waals surface area contributed by atoms with Crippen LogP contribution in [-0.4, -0.2) is 25.6 Å². The van der Waals surface area contributed by atoms with Gasteiger partial charge in [-0.3, -0.25) is 14.7 Å². The molecule has 0 saturated heterocycles. The molecular weight excluding hydrogens is 268 g/mol. The summed E-state index contributed by atoms with van der Waals surface area (Å²) in [5.74, 6) is 0.669. The number of rotatable bonds is 4. The maximum atomic E-state index is 12.1. The second-order valence-electron chi connectivity index (χ2n) is 4.94. The van der Waals surface area contributed by atoms with E-state index in [2.05, 4.69) is 20.8 Å². The molecule has 2 aromatic heterocycles. The number of urea groups is 1. The van der Waals surface area contributed by atoms with Crippen LogP contribution in [-0.2, 0) is 20.0 Å². The summed E-state index contributed by atoms with van der Waals surface area (Å²) in [6.07, 6.45) is 0.832. The molecule has 0 aliphatic rings. The van der Waals surface area contributed by atoms with Gasteiger partial charge in [-0.2, -0.15) is 10.2 Å². The minimum atomic E-state index is -0.289. The van der Waals surface area contributed by atoms with E-state index in [1.807, 2.05) is 38.4 Å². The topological polar surface area (TPSA) is 76.8 Å². The monoisotopic (exact) mass is 290 g/mol. The first-order chi connectivity index (χ1) is 9.96. The van der Waals surface area contributed by atoms with Gasteiger partial charge in [-0.1, -0.05) is 6.92 Å². The lowest BCUT2D eigenvalue weighted by Gasteiger charge is -2.08. The summed E-state index contributed by atoms with van der Waals surface area (Å²) >= 11 is 0. The molecule has 7 heteroatoms. The zero-order valence-electron chi connectivity index (χ0n) is 13.2. The zero-order chi connectivity index (χ0) is 15.6. The average molecular weight is 290 g/mol. The van der Waals surface area contributed by atoms with Crippen molar-refractivity contribution in [3.8, 4) is 0 Å². The Hall–Kier alpha value is -2.31. The number of aryl methyl sites for hydroxylation is 4. The van der Waals surface area contributed by atoms with Crippen LogP contribution >= 0.6 is 0 Å². The number of hydrogen-bond donors (Lipinski definition) is 2. The Labute approximate surface area is 124 Å². The standard InChI is InChI=1S/C14H22N6O/c1-6-11-8-12(19(5)18-11)15-14(21)16-13-9(3)17-20(7-2)10(13)4/h8H,6-7H2,1-5H3,(H2,15,16,21). The van der Waals surface area contributed by atoms with Gasteiger partial charge in [0, 0.05) is 19.7 Å². The molecule has 0 aliphatic heterocycles. The van der Waals surface area contributed by atoms with Crippen molar-refractivity contribution in [3.63, 3.8) is 0 Å². The van der Waals surface area contributed by atoms with Gasteiger partial charge in [-0.15, -0.1) is 0 Å². The van der Waals surface area contributed by atoms with Gasteiger partial charge in [0.1, 0.15) is 5.82 Å². The third-order valence-corrected chi connectivity index (χ3v) is 3.45. The van der Waals surface area contributed by atoms with E-state index in [0.717, 1.165) is 35.7 Å². The third-order valence-electron chi connectivity index (χ3n) is 3.45. The highest BCUT2D eigenvalue weighted by atomic mass is 16.2. The zero-order valence-corrected chi connectivity index (χ0v) is 13.2. The largest absolute Gasteiger partial charge is 0.324 e. The first-order valence-electron chi connectivity index (χ1n) is 7.11. The smallest absolute Gasteiger partial charge is 0.304 e. The lowest BCUT2D eigenvalue weighted by atomic mass is 10.3. The number of carbonyl (C=O) groups is 1. The van der Waals surface area contributed by atoms with Crippen LogP contribution in [0.25, 0.3) is 0 Å². The molecule has 114 valence electrons. The first kappa shape index (κ1) is 15.1. The maximum absolute atomic E-state index is 12.1. The number of nitrogens with zero attached hydrogens (tertiary/aromatic N) is 4. The lowest BCUT2D eigenvalue weighted by Crippen LogP contribution is -2.21. The molecule has 0 spiro atoms. The van der Waals surface area contributed by atoms with Crippen LogP contribution in [0, 0.1) is 13.8 Å². The Balaban J connectivity index is 2.11. The number of hydrogen-bond acceptors (Lipinski definition) is 3. The molecule has 21 heavy (non-hydrogen) atoms. The minimum Gasteiger partial charge on any atom is -0.304 e. The van der Waals surface area contributed by atoms with Crippen molar-refractivity contribution in [2.45, 2.75) is 40.7 Å². The van der Waals surface area contributed by atoms with E-state index in [4.69, 9.17) is 0 Å². The van der Waals surface area contributed by atoms with Crippen molar-refractivity contribution in [2.75, 3.05) is 10.6 Å². The van der Waals surface area contributed by atoms with Gasteiger partial charge >= 0.3 is 6.03 Å². The Morgan fingerprint density at radius 3 is 2.48 bits per heavy atom. The van der Waals surface area contributed by atoms with Crippen molar-refractivity contribution in [1.29, 1.82) is 0 Å². The van der Waals surface area contributed by atoms with Gasteiger partial charge in [0.05, 0.1) is 22.8 Å². The number of nitrogens with one attached hydrogen (secondary N) is 2. The van der Waals surface area contributed by atoms with Crippen molar-refractivity contribution in [3.05, 3.63) is 23.1 Å². The summed E-state index contributed by atoms with van der Waals surface area (Å²) < 4.78 is 3.53. The molecule has 0 radical (unpaired) electrons. The molecular formula is C14H22N6O. The molecule has 2 heterocycles. The minimum absolute atomic E-state index is 0.289. The van der Waals surface area contributed by atoms with Crippen LogP contribution in [0.5, 0.6) is 0 Å². The number of carbonyl (C=O) groups excluding carboxylic acids is 1. The highest BCUT2D eigenvalue weighted by Gasteiger charge is 2.14. The van der Waals surface area contributed by atoms with Crippen LogP contribution in [0.1, 0.15) is 30.9 Å². The first-order valence-corrected chi connectivity index (χ1v) is 7.11. The fourth-order valence-electron chi connectivity index (χ4n) is 2.26. The molecule has 7 nitrogen and oxygen atoms in total. The van der Waals surface area contributed by atoms with E-state index in [0.29, 0.717) is 5.82 Å². The van der Waals surface area contributed by atoms with Crippen molar-refractivity contribution < 1.29 is 4.79 Å². The fraction of sp³-hybridized carbons (Fsp3) is 0.500. The van der Waals surface area contributed by atoms with E-state index in [9.17, 15) is 4.79 Å². The predicted molar refractivity (Wildman–Crippen MR) is 82.6 cm³/mol. The van der Waals surface area contributed by atoms with E-state index >= 15 is 0 Å². The lowest BCUT2D eigenvalue weighted by molar-refractivity contribution is 0.262. The third kappa shape index (κ3) is 3.07. The fourth-order valence-corrected chi connectivity index (χ4v) is 2.26. The summed E-state index contributed by atoms with van der Waals surface area (Å²) in [6.45, 7) is 8.65. The van der Waals surface area contributed by atoms with Crippen LogP contribution in [0.15, 0.2) is 6.07 Å². The van der Waals surface area contributed by atoms with Crippen molar-refractivity contribution in [1.82, 2.24) is 19.6 Å². The molecule has 0 fully saturated rings. The summed E-state index contributed by atoms with van der Waals surface area (Å²) in [6, 6.07) is 1.58.